The van der Waals surface area contributed by atoms with Crippen molar-refractivity contribution >= 4 is 11.9 Å². The first kappa shape index (κ1) is 18.8. The van der Waals surface area contributed by atoms with E-state index in [1.54, 1.807) is 18.4 Å². The van der Waals surface area contributed by atoms with Crippen LogP contribution in [0.4, 0.5) is 5.95 Å². The number of hydrogen-bond acceptors (Lipinski definition) is 4. The highest BCUT2D eigenvalue weighted by Gasteiger charge is 2.55. The topological polar surface area (TPSA) is 64.2 Å². The molecule has 3 heterocycles. The van der Waals surface area contributed by atoms with Crippen LogP contribution in [0, 0.1) is 5.92 Å². The summed E-state index contributed by atoms with van der Waals surface area (Å²) in [4.78, 5) is 20.6. The summed E-state index contributed by atoms with van der Waals surface area (Å²) in [5, 5.41) is 5.08. The second-order valence-electron chi connectivity index (χ2n) is 9.29. The summed E-state index contributed by atoms with van der Waals surface area (Å²) in [7, 11) is 0. The molecule has 0 N–H and O–H groups in total. The number of fused-ring (bicyclic) bond motifs is 4. The maximum Gasteiger partial charge on any atom is 0.296 e. The maximum atomic E-state index is 13.6. The summed E-state index contributed by atoms with van der Waals surface area (Å²) in [6.45, 7) is 0. The number of anilines is 1. The number of aromatic nitrogens is 3. The van der Waals surface area contributed by atoms with Crippen molar-refractivity contribution in [2.24, 2.45) is 5.92 Å². The molecule has 1 aliphatic heterocycles. The Kier molecular flexibility index (Phi) is 4.47. The van der Waals surface area contributed by atoms with Gasteiger partial charge in [-0.15, -0.1) is 5.10 Å². The summed E-state index contributed by atoms with van der Waals surface area (Å²) in [5.41, 5.74) is 0.960. The molecular formula is C25H28N4O2. The van der Waals surface area contributed by atoms with Gasteiger partial charge < -0.3 is 4.42 Å². The average Bonchev–Trinajstić information content (AvgIpc) is 3.52. The maximum absolute atomic E-state index is 13.6. The number of carbonyl (C=O) groups excluding carboxylic acids is 1. The first-order valence-electron chi connectivity index (χ1n) is 11.7. The lowest BCUT2D eigenvalue weighted by atomic mass is 9.64. The van der Waals surface area contributed by atoms with Crippen LogP contribution in [0.1, 0.15) is 68.3 Å². The molecule has 1 spiro atoms. The van der Waals surface area contributed by atoms with E-state index in [0.29, 0.717) is 23.5 Å². The van der Waals surface area contributed by atoms with E-state index in [9.17, 15) is 4.79 Å². The Hall–Kier alpha value is -2.89. The van der Waals surface area contributed by atoms with Crippen LogP contribution in [-0.2, 0) is 5.54 Å². The summed E-state index contributed by atoms with van der Waals surface area (Å²) in [6, 6.07) is 13.8. The van der Waals surface area contributed by atoms with Gasteiger partial charge in [0.25, 0.3) is 5.91 Å². The lowest BCUT2D eigenvalue weighted by Crippen LogP contribution is -2.61. The number of furan rings is 1. The van der Waals surface area contributed by atoms with Crippen molar-refractivity contribution in [1.29, 1.82) is 0 Å². The molecule has 3 aromatic rings. The zero-order valence-corrected chi connectivity index (χ0v) is 17.7. The van der Waals surface area contributed by atoms with Crippen molar-refractivity contribution < 1.29 is 9.21 Å². The van der Waals surface area contributed by atoms with Gasteiger partial charge in [-0.05, 0) is 37.8 Å². The van der Waals surface area contributed by atoms with Crippen LogP contribution in [0.15, 0.2) is 53.1 Å². The highest BCUT2D eigenvalue weighted by molar-refractivity contribution is 6.04. The van der Waals surface area contributed by atoms with Gasteiger partial charge in [0.1, 0.15) is 0 Å². The largest absolute Gasteiger partial charge is 0.459 e. The van der Waals surface area contributed by atoms with Gasteiger partial charge in [0, 0.05) is 17.5 Å². The Morgan fingerprint density at radius 3 is 2.55 bits per heavy atom. The molecule has 2 aromatic heterocycles. The van der Waals surface area contributed by atoms with E-state index < -0.39 is 0 Å². The van der Waals surface area contributed by atoms with Gasteiger partial charge >= 0.3 is 0 Å². The standard InChI is InChI=1S/C25H28N4O2/c30-23(21-14-9-17-31-21)28-20-13-6-5-12-19(20)25(15-7-2-8-16-25)29-24(28)26-22(27-29)18-10-3-1-4-11-18/h1,3-4,9-11,14,17,19-20H,2,5-8,12-13,15-16H2/t19-,20+/m1/s1. The second-order valence-corrected chi connectivity index (χ2v) is 9.29. The van der Waals surface area contributed by atoms with E-state index in [1.165, 1.54) is 25.7 Å². The Bertz CT molecular complexity index is 1070. The van der Waals surface area contributed by atoms with Gasteiger partial charge in [-0.3, -0.25) is 9.69 Å². The molecule has 31 heavy (non-hydrogen) atoms. The highest BCUT2D eigenvalue weighted by atomic mass is 16.3. The molecule has 6 nitrogen and oxygen atoms in total. The summed E-state index contributed by atoms with van der Waals surface area (Å²) in [5.74, 6) is 2.10. The van der Waals surface area contributed by atoms with E-state index >= 15 is 0 Å². The molecule has 0 radical (unpaired) electrons. The number of hydrogen-bond donors (Lipinski definition) is 0. The number of nitrogens with zero attached hydrogens (tertiary/aromatic N) is 4. The SMILES string of the molecule is O=C(c1ccco1)N1c2nc(-c3ccccc3)nn2C2(CCCCC2)[C@@H]2CCCC[C@@H]21. The molecule has 0 unspecified atom stereocenters. The minimum Gasteiger partial charge on any atom is -0.459 e. The third kappa shape index (κ3) is 2.87. The lowest BCUT2D eigenvalue weighted by molar-refractivity contribution is 0.0309. The molecule has 3 aliphatic rings. The molecule has 1 aromatic carbocycles. The molecule has 160 valence electrons. The zero-order valence-electron chi connectivity index (χ0n) is 17.7. The number of carbonyl (C=O) groups is 1. The van der Waals surface area contributed by atoms with Gasteiger partial charge in [0.05, 0.1) is 11.8 Å². The minimum atomic E-state index is -0.0965. The molecule has 0 bridgehead atoms. The van der Waals surface area contributed by atoms with Gasteiger partial charge in [-0.2, -0.15) is 4.98 Å². The fourth-order valence-corrected chi connectivity index (χ4v) is 6.33. The number of benzene rings is 1. The van der Waals surface area contributed by atoms with Gasteiger partial charge in [0.2, 0.25) is 5.95 Å². The molecule has 2 atom stereocenters. The molecule has 2 aliphatic carbocycles. The molecule has 2 fully saturated rings. The molecule has 1 amide bonds. The summed E-state index contributed by atoms with van der Waals surface area (Å²) < 4.78 is 7.68. The molecule has 0 saturated heterocycles. The van der Waals surface area contributed by atoms with Crippen LogP contribution in [0.2, 0.25) is 0 Å². The summed E-state index contributed by atoms with van der Waals surface area (Å²) in [6.07, 6.45) is 12.1. The van der Waals surface area contributed by atoms with Crippen LogP contribution in [-0.4, -0.2) is 26.7 Å². The van der Waals surface area contributed by atoms with Crippen molar-refractivity contribution in [3.8, 4) is 11.4 Å². The minimum absolute atomic E-state index is 0.0291. The van der Waals surface area contributed by atoms with Crippen molar-refractivity contribution in [2.75, 3.05) is 4.90 Å². The Balaban J connectivity index is 1.55. The van der Waals surface area contributed by atoms with Crippen molar-refractivity contribution in [2.45, 2.75) is 69.4 Å². The molecule has 2 saturated carbocycles. The van der Waals surface area contributed by atoms with Crippen LogP contribution in [0.3, 0.4) is 0 Å². The molecular weight excluding hydrogens is 388 g/mol. The second kappa shape index (κ2) is 7.36. The van der Waals surface area contributed by atoms with Gasteiger partial charge in [0.15, 0.2) is 11.6 Å². The fraction of sp³-hybridized carbons (Fsp3) is 0.480. The third-order valence-corrected chi connectivity index (χ3v) is 7.68. The average molecular weight is 417 g/mol. The van der Waals surface area contributed by atoms with Crippen LogP contribution in [0.5, 0.6) is 0 Å². The Morgan fingerprint density at radius 2 is 1.77 bits per heavy atom. The van der Waals surface area contributed by atoms with Crippen LogP contribution in [0.25, 0.3) is 11.4 Å². The van der Waals surface area contributed by atoms with E-state index in [1.807, 2.05) is 35.2 Å². The molecule has 6 heteroatoms. The van der Waals surface area contributed by atoms with Gasteiger partial charge in [-0.25, -0.2) is 4.68 Å². The third-order valence-electron chi connectivity index (χ3n) is 7.68. The van der Waals surface area contributed by atoms with Crippen LogP contribution < -0.4 is 4.90 Å². The van der Waals surface area contributed by atoms with E-state index in [-0.39, 0.29) is 17.5 Å². The smallest absolute Gasteiger partial charge is 0.296 e. The van der Waals surface area contributed by atoms with E-state index in [2.05, 4.69) is 4.68 Å². The Labute approximate surface area is 182 Å². The zero-order chi connectivity index (χ0) is 20.8. The quantitative estimate of drug-likeness (QED) is 0.560. The number of rotatable bonds is 2. The van der Waals surface area contributed by atoms with Crippen molar-refractivity contribution in [3.05, 3.63) is 54.5 Å². The van der Waals surface area contributed by atoms with Gasteiger partial charge in [-0.1, -0.05) is 62.4 Å². The Morgan fingerprint density at radius 1 is 0.968 bits per heavy atom. The fourth-order valence-electron chi connectivity index (χ4n) is 6.33. The highest BCUT2D eigenvalue weighted by Crippen LogP contribution is 2.53. The number of amides is 1. The first-order chi connectivity index (χ1) is 15.3. The first-order valence-corrected chi connectivity index (χ1v) is 11.7. The van der Waals surface area contributed by atoms with E-state index in [4.69, 9.17) is 14.5 Å². The van der Waals surface area contributed by atoms with Crippen LogP contribution >= 0.6 is 0 Å². The van der Waals surface area contributed by atoms with Crippen molar-refractivity contribution in [1.82, 2.24) is 14.8 Å². The molecule has 6 rings (SSSR count). The lowest BCUT2D eigenvalue weighted by Gasteiger charge is -2.55. The summed E-state index contributed by atoms with van der Waals surface area (Å²) >= 11 is 0. The predicted octanol–water partition coefficient (Wildman–Crippen LogP) is 5.42. The monoisotopic (exact) mass is 416 g/mol. The van der Waals surface area contributed by atoms with Crippen molar-refractivity contribution in [3.63, 3.8) is 0 Å². The normalized spacial score (nSPS) is 24.6. The van der Waals surface area contributed by atoms with E-state index in [0.717, 1.165) is 37.7 Å². The predicted molar refractivity (Wildman–Crippen MR) is 118 cm³/mol.